The van der Waals surface area contributed by atoms with E-state index in [0.29, 0.717) is 19.7 Å². The maximum atomic E-state index is 10.5. The molecule has 11 heavy (non-hydrogen) atoms. The number of ether oxygens (including phenoxy) is 1. The number of amides is 1. The number of rotatable bonds is 1. The summed E-state index contributed by atoms with van der Waals surface area (Å²) < 4.78 is 5.18. The quantitative estimate of drug-likeness (QED) is 0.565. The van der Waals surface area contributed by atoms with Crippen LogP contribution in [0.3, 0.4) is 0 Å². The number of hydrogen-bond acceptors (Lipinski definition) is 2. The van der Waals surface area contributed by atoms with Crippen molar-refractivity contribution in [3.8, 4) is 0 Å². The van der Waals surface area contributed by atoms with E-state index in [1.807, 2.05) is 0 Å². The first-order valence-corrected chi connectivity index (χ1v) is 3.46. The third-order valence-electron chi connectivity index (χ3n) is 1.63. The van der Waals surface area contributed by atoms with Crippen LogP contribution in [-0.4, -0.2) is 41.9 Å². The van der Waals surface area contributed by atoms with Crippen molar-refractivity contribution in [3.63, 3.8) is 0 Å². The first kappa shape index (κ1) is 8.07. The van der Waals surface area contributed by atoms with E-state index in [9.17, 15) is 4.79 Å². The summed E-state index contributed by atoms with van der Waals surface area (Å²) in [7, 11) is 0. The number of carbonyl (C=O) groups is 1. The van der Waals surface area contributed by atoms with Gasteiger partial charge < -0.3 is 14.7 Å². The van der Waals surface area contributed by atoms with Crippen LogP contribution in [0.5, 0.6) is 0 Å². The monoisotopic (exact) mass is 157 g/mol. The first-order chi connectivity index (χ1) is 5.24. The molecule has 1 atom stereocenters. The van der Waals surface area contributed by atoms with E-state index >= 15 is 0 Å². The lowest BCUT2D eigenvalue weighted by molar-refractivity contribution is 0.00225. The van der Waals surface area contributed by atoms with Crippen LogP contribution < -0.4 is 0 Å². The third-order valence-corrected chi connectivity index (χ3v) is 1.63. The zero-order chi connectivity index (χ0) is 8.27. The van der Waals surface area contributed by atoms with Gasteiger partial charge in [0.1, 0.15) is 0 Å². The molecule has 4 nitrogen and oxygen atoms in total. The van der Waals surface area contributed by atoms with Gasteiger partial charge in [0.05, 0.1) is 19.3 Å². The van der Waals surface area contributed by atoms with Crippen LogP contribution in [0.15, 0.2) is 12.7 Å². The minimum Gasteiger partial charge on any atom is -0.465 e. The molecule has 4 heteroatoms. The minimum atomic E-state index is -0.889. The van der Waals surface area contributed by atoms with Crippen molar-refractivity contribution in [1.82, 2.24) is 4.90 Å². The Hall–Kier alpha value is -1.03. The largest absolute Gasteiger partial charge is 0.465 e. The standard InChI is InChI=1S/C7H11NO3/c1-2-6-5-8(7(9)10)3-4-11-6/h2,6H,1,3-5H2,(H,9,10). The van der Waals surface area contributed by atoms with Gasteiger partial charge in [-0.25, -0.2) is 4.79 Å². The minimum absolute atomic E-state index is 0.139. The van der Waals surface area contributed by atoms with Gasteiger partial charge in [0.15, 0.2) is 0 Å². The van der Waals surface area contributed by atoms with E-state index in [4.69, 9.17) is 9.84 Å². The molecule has 0 aromatic carbocycles. The van der Waals surface area contributed by atoms with Crippen molar-refractivity contribution in [2.45, 2.75) is 6.10 Å². The summed E-state index contributed by atoms with van der Waals surface area (Å²) in [6.07, 6.45) is 0.592. The van der Waals surface area contributed by atoms with Crippen LogP contribution in [0.25, 0.3) is 0 Å². The summed E-state index contributed by atoms with van der Waals surface area (Å²) in [4.78, 5) is 11.8. The van der Waals surface area contributed by atoms with E-state index in [1.165, 1.54) is 4.90 Å². The molecule has 1 heterocycles. The molecule has 0 aromatic rings. The van der Waals surface area contributed by atoms with Crippen molar-refractivity contribution in [3.05, 3.63) is 12.7 Å². The number of nitrogens with zero attached hydrogens (tertiary/aromatic N) is 1. The zero-order valence-corrected chi connectivity index (χ0v) is 6.19. The Labute approximate surface area is 65.1 Å². The summed E-state index contributed by atoms with van der Waals surface area (Å²) in [5.74, 6) is 0. The van der Waals surface area contributed by atoms with Gasteiger partial charge in [-0.2, -0.15) is 0 Å². The summed E-state index contributed by atoms with van der Waals surface area (Å²) >= 11 is 0. The van der Waals surface area contributed by atoms with Crippen LogP contribution in [0.4, 0.5) is 4.79 Å². The fraction of sp³-hybridized carbons (Fsp3) is 0.571. The van der Waals surface area contributed by atoms with Gasteiger partial charge in [0.2, 0.25) is 0 Å². The molecule has 1 unspecified atom stereocenters. The van der Waals surface area contributed by atoms with Crippen molar-refractivity contribution >= 4 is 6.09 Å². The molecule has 1 aliphatic rings. The van der Waals surface area contributed by atoms with Crippen molar-refractivity contribution in [1.29, 1.82) is 0 Å². The topological polar surface area (TPSA) is 49.8 Å². The lowest BCUT2D eigenvalue weighted by atomic mass is 10.3. The molecule has 0 radical (unpaired) electrons. The van der Waals surface area contributed by atoms with E-state index in [1.54, 1.807) is 6.08 Å². The zero-order valence-electron chi connectivity index (χ0n) is 6.19. The van der Waals surface area contributed by atoms with Crippen LogP contribution >= 0.6 is 0 Å². The van der Waals surface area contributed by atoms with Crippen molar-refractivity contribution in [2.24, 2.45) is 0 Å². The highest BCUT2D eigenvalue weighted by atomic mass is 16.5. The number of hydrogen-bond donors (Lipinski definition) is 1. The van der Waals surface area contributed by atoms with Crippen LogP contribution in [0.2, 0.25) is 0 Å². The molecule has 1 rings (SSSR count). The van der Waals surface area contributed by atoms with Crippen LogP contribution in [0.1, 0.15) is 0 Å². The molecule has 0 saturated carbocycles. The van der Waals surface area contributed by atoms with Gasteiger partial charge in [-0.05, 0) is 0 Å². The maximum absolute atomic E-state index is 10.5. The van der Waals surface area contributed by atoms with E-state index in [-0.39, 0.29) is 6.10 Å². The predicted molar refractivity (Wildman–Crippen MR) is 39.5 cm³/mol. The number of morpholine rings is 1. The highest BCUT2D eigenvalue weighted by Crippen LogP contribution is 2.05. The van der Waals surface area contributed by atoms with Crippen LogP contribution in [0, 0.1) is 0 Å². The molecule has 1 fully saturated rings. The molecular formula is C7H11NO3. The normalized spacial score (nSPS) is 24.7. The molecule has 0 bridgehead atoms. The Morgan fingerprint density at radius 3 is 3.09 bits per heavy atom. The molecule has 0 aromatic heterocycles. The third kappa shape index (κ3) is 1.94. The van der Waals surface area contributed by atoms with Crippen molar-refractivity contribution in [2.75, 3.05) is 19.7 Å². The lowest BCUT2D eigenvalue weighted by Gasteiger charge is -2.28. The van der Waals surface area contributed by atoms with Gasteiger partial charge in [0.25, 0.3) is 0 Å². The first-order valence-electron chi connectivity index (χ1n) is 3.46. The Morgan fingerprint density at radius 2 is 2.55 bits per heavy atom. The summed E-state index contributed by atoms with van der Waals surface area (Å²) in [5.41, 5.74) is 0. The second-order valence-corrected chi connectivity index (χ2v) is 2.37. The Balaban J connectivity index is 2.45. The molecule has 1 amide bonds. The van der Waals surface area contributed by atoms with Gasteiger partial charge >= 0.3 is 6.09 Å². The average Bonchev–Trinajstić information content (AvgIpc) is 2.05. The highest BCUT2D eigenvalue weighted by Gasteiger charge is 2.20. The molecule has 1 saturated heterocycles. The molecule has 0 aliphatic carbocycles. The summed E-state index contributed by atoms with van der Waals surface area (Å²) in [6.45, 7) is 4.85. The maximum Gasteiger partial charge on any atom is 0.407 e. The molecule has 1 aliphatic heterocycles. The van der Waals surface area contributed by atoms with Crippen LogP contribution in [-0.2, 0) is 4.74 Å². The van der Waals surface area contributed by atoms with Gasteiger partial charge in [0, 0.05) is 6.54 Å². The Morgan fingerprint density at radius 1 is 1.82 bits per heavy atom. The average molecular weight is 157 g/mol. The van der Waals surface area contributed by atoms with Gasteiger partial charge in [-0.1, -0.05) is 6.08 Å². The lowest BCUT2D eigenvalue weighted by Crippen LogP contribution is -2.44. The Kier molecular flexibility index (Phi) is 2.48. The fourth-order valence-corrected chi connectivity index (χ4v) is 0.992. The Bertz CT molecular complexity index is 169. The van der Waals surface area contributed by atoms with Gasteiger partial charge in [-0.3, -0.25) is 0 Å². The molecule has 1 N–H and O–H groups in total. The molecule has 62 valence electrons. The highest BCUT2D eigenvalue weighted by molar-refractivity contribution is 5.65. The summed E-state index contributed by atoms with van der Waals surface area (Å²) in [6, 6.07) is 0. The molecular weight excluding hydrogens is 146 g/mol. The summed E-state index contributed by atoms with van der Waals surface area (Å²) in [5, 5.41) is 8.59. The predicted octanol–water partition coefficient (Wildman–Crippen LogP) is 0.551. The fourth-order valence-electron chi connectivity index (χ4n) is 0.992. The molecule has 0 spiro atoms. The second-order valence-electron chi connectivity index (χ2n) is 2.37. The SMILES string of the molecule is C=CC1CN(C(=O)O)CCO1. The van der Waals surface area contributed by atoms with Crippen molar-refractivity contribution < 1.29 is 14.6 Å². The van der Waals surface area contributed by atoms with E-state index in [0.717, 1.165) is 0 Å². The van der Waals surface area contributed by atoms with E-state index in [2.05, 4.69) is 6.58 Å². The van der Waals surface area contributed by atoms with Gasteiger partial charge in [-0.15, -0.1) is 6.58 Å². The number of carboxylic acid groups (broad SMARTS) is 1. The smallest absolute Gasteiger partial charge is 0.407 e. The second kappa shape index (κ2) is 3.39. The van der Waals surface area contributed by atoms with E-state index < -0.39 is 6.09 Å².